The van der Waals surface area contributed by atoms with Crippen LogP contribution in [0, 0.1) is 5.92 Å². The van der Waals surface area contributed by atoms with Crippen molar-refractivity contribution in [2.45, 2.75) is 63.3 Å². The fourth-order valence-electron chi connectivity index (χ4n) is 7.31. The van der Waals surface area contributed by atoms with Crippen LogP contribution < -0.4 is 10.6 Å². The summed E-state index contributed by atoms with van der Waals surface area (Å²) < 4.78 is 41.1. The minimum absolute atomic E-state index is 0.0410. The van der Waals surface area contributed by atoms with Crippen LogP contribution in [-0.2, 0) is 28.7 Å². The zero-order chi connectivity index (χ0) is 33.3. The smallest absolute Gasteiger partial charge is 0.420 e. The third-order valence-corrected chi connectivity index (χ3v) is 11.1. The number of phenols is 1. The van der Waals surface area contributed by atoms with Crippen molar-refractivity contribution in [3.8, 4) is 5.75 Å². The van der Waals surface area contributed by atoms with E-state index in [1.165, 1.54) is 17.4 Å². The van der Waals surface area contributed by atoms with Crippen molar-refractivity contribution in [3.63, 3.8) is 0 Å². The predicted molar refractivity (Wildman–Crippen MR) is 172 cm³/mol. The Hall–Kier alpha value is -3.07. The first-order chi connectivity index (χ1) is 22.5. The Balaban J connectivity index is 1.13. The normalized spacial score (nSPS) is 21.0. The first kappa shape index (κ1) is 33.8. The number of rotatable bonds is 7. The number of piperidine rings is 2. The van der Waals surface area contributed by atoms with Gasteiger partial charge in [0.1, 0.15) is 10.8 Å². The average Bonchev–Trinajstić information content (AvgIpc) is 3.52. The van der Waals surface area contributed by atoms with Gasteiger partial charge in [-0.05, 0) is 74.3 Å². The summed E-state index contributed by atoms with van der Waals surface area (Å²) in [5.74, 6) is -2.49. The number of phenolic OH excluding ortho intramolecular Hbond substituents is 1. The number of alkyl halides is 3. The molecular weight excluding hydrogens is 657 g/mol. The molecule has 5 heterocycles. The average molecular weight is 697 g/mol. The molecule has 0 bridgehead atoms. The minimum atomic E-state index is -4.84. The molecule has 256 valence electrons. The molecule has 4 amide bonds. The number of benzene rings is 1. The number of piperazine rings is 1. The lowest BCUT2D eigenvalue weighted by atomic mass is 9.92. The van der Waals surface area contributed by atoms with Crippen LogP contribution in [0.25, 0.3) is 0 Å². The number of hydrogen-bond acceptors (Lipinski definition) is 7. The number of thiophene rings is 1. The summed E-state index contributed by atoms with van der Waals surface area (Å²) >= 11 is 7.49. The van der Waals surface area contributed by atoms with E-state index < -0.39 is 28.4 Å². The van der Waals surface area contributed by atoms with Gasteiger partial charge in [0.15, 0.2) is 0 Å². The van der Waals surface area contributed by atoms with Gasteiger partial charge < -0.3 is 25.1 Å². The Kier molecular flexibility index (Phi) is 10.2. The molecular formula is C32H40ClF3N6O4S. The number of aromatic hydroxyl groups is 1. The number of fused-ring (bicyclic) bond motifs is 1. The summed E-state index contributed by atoms with van der Waals surface area (Å²) in [4.78, 5) is 48.0. The number of amides is 4. The molecule has 3 fully saturated rings. The molecule has 4 aliphatic rings. The second-order valence-corrected chi connectivity index (χ2v) is 14.2. The van der Waals surface area contributed by atoms with E-state index in [1.54, 1.807) is 14.7 Å². The molecule has 3 saturated heterocycles. The standard InChI is InChI=1S/C32H40ClF3N6O4S/c33-26-17-20(16-25(28(26)44)32(34,35)36)15-22(30(45)41-12-10-39(11-13-41)23-1-6-37-7-2-23)18-27(43)40-8-3-24(4-9-40)42-19-21-5-14-47-29(21)38-31(42)46/h5,14,16-17,22-24,37,44H,1-4,6-13,15,18-19H2,(H,38,46)/t22-/m0/s1. The largest absolute Gasteiger partial charge is 0.506 e. The SMILES string of the molecule is O=C(C[C@H](Cc1cc(Cl)c(O)c(C(F)(F)F)c1)C(=O)N1CCN(C2CCNCC2)CC1)N1CCC(N2Cc3ccsc3NC2=O)CC1. The molecule has 4 aliphatic heterocycles. The van der Waals surface area contributed by atoms with Gasteiger partial charge in [0.05, 0.1) is 23.0 Å². The van der Waals surface area contributed by atoms with Gasteiger partial charge in [0, 0.05) is 63.3 Å². The number of likely N-dealkylation sites (tertiary alicyclic amines) is 1. The second-order valence-electron chi connectivity index (χ2n) is 12.9. The van der Waals surface area contributed by atoms with Gasteiger partial charge in [-0.3, -0.25) is 19.8 Å². The van der Waals surface area contributed by atoms with Crippen molar-refractivity contribution in [2.24, 2.45) is 5.92 Å². The molecule has 10 nitrogen and oxygen atoms in total. The van der Waals surface area contributed by atoms with Gasteiger partial charge in [0.2, 0.25) is 11.8 Å². The highest BCUT2D eigenvalue weighted by molar-refractivity contribution is 7.14. The maximum absolute atomic E-state index is 14.0. The van der Waals surface area contributed by atoms with Crippen LogP contribution in [0.1, 0.15) is 48.8 Å². The van der Waals surface area contributed by atoms with E-state index in [9.17, 15) is 32.7 Å². The molecule has 0 saturated carbocycles. The second kappa shape index (κ2) is 14.2. The van der Waals surface area contributed by atoms with Crippen molar-refractivity contribution in [1.29, 1.82) is 0 Å². The molecule has 47 heavy (non-hydrogen) atoms. The number of carbonyl (C=O) groups excluding carboxylic acids is 3. The summed E-state index contributed by atoms with van der Waals surface area (Å²) in [5.41, 5.74) is -0.0807. The molecule has 2 aromatic rings. The molecule has 1 aromatic carbocycles. The number of halogens is 4. The zero-order valence-electron chi connectivity index (χ0n) is 26.0. The molecule has 3 N–H and O–H groups in total. The Morgan fingerprint density at radius 2 is 1.70 bits per heavy atom. The lowest BCUT2D eigenvalue weighted by Gasteiger charge is -2.42. The van der Waals surface area contributed by atoms with Crippen molar-refractivity contribution in [2.75, 3.05) is 57.7 Å². The molecule has 0 spiro atoms. The van der Waals surface area contributed by atoms with E-state index in [0.717, 1.165) is 42.6 Å². The van der Waals surface area contributed by atoms with Crippen LogP contribution in [0.4, 0.5) is 23.0 Å². The number of hydrogen-bond donors (Lipinski definition) is 3. The maximum atomic E-state index is 14.0. The van der Waals surface area contributed by atoms with Crippen molar-refractivity contribution >= 4 is 45.8 Å². The summed E-state index contributed by atoms with van der Waals surface area (Å²) in [6, 6.07) is 4.31. The number of nitrogens with zero attached hydrogens (tertiary/aromatic N) is 4. The minimum Gasteiger partial charge on any atom is -0.506 e. The third kappa shape index (κ3) is 7.65. The van der Waals surface area contributed by atoms with Crippen LogP contribution in [-0.4, -0.2) is 107 Å². The topological polar surface area (TPSA) is 108 Å². The van der Waals surface area contributed by atoms with Gasteiger partial charge in [-0.25, -0.2) is 4.79 Å². The predicted octanol–water partition coefficient (Wildman–Crippen LogP) is 4.61. The fraction of sp³-hybridized carbons (Fsp3) is 0.594. The molecule has 1 aromatic heterocycles. The number of urea groups is 1. The zero-order valence-corrected chi connectivity index (χ0v) is 27.6. The summed E-state index contributed by atoms with van der Waals surface area (Å²) in [6.45, 7) is 5.60. The quantitative estimate of drug-likeness (QED) is 0.391. The van der Waals surface area contributed by atoms with E-state index in [0.29, 0.717) is 64.7 Å². The monoisotopic (exact) mass is 696 g/mol. The van der Waals surface area contributed by atoms with Crippen molar-refractivity contribution in [3.05, 3.63) is 45.3 Å². The first-order valence-electron chi connectivity index (χ1n) is 16.2. The van der Waals surface area contributed by atoms with Gasteiger partial charge in [-0.1, -0.05) is 11.6 Å². The van der Waals surface area contributed by atoms with E-state index in [-0.39, 0.29) is 42.3 Å². The van der Waals surface area contributed by atoms with E-state index in [1.807, 2.05) is 11.4 Å². The Morgan fingerprint density at radius 3 is 2.38 bits per heavy atom. The molecule has 0 aliphatic carbocycles. The summed E-state index contributed by atoms with van der Waals surface area (Å²) in [7, 11) is 0. The number of anilines is 1. The highest BCUT2D eigenvalue weighted by Crippen LogP contribution is 2.41. The van der Waals surface area contributed by atoms with E-state index >= 15 is 0 Å². The fourth-order valence-corrected chi connectivity index (χ4v) is 8.35. The van der Waals surface area contributed by atoms with Gasteiger partial charge >= 0.3 is 12.2 Å². The van der Waals surface area contributed by atoms with Gasteiger partial charge in [-0.2, -0.15) is 13.2 Å². The van der Waals surface area contributed by atoms with E-state index in [2.05, 4.69) is 15.5 Å². The van der Waals surface area contributed by atoms with E-state index in [4.69, 9.17) is 11.6 Å². The van der Waals surface area contributed by atoms with Crippen LogP contribution >= 0.6 is 22.9 Å². The Bertz CT molecular complexity index is 1470. The van der Waals surface area contributed by atoms with Crippen molar-refractivity contribution < 1.29 is 32.7 Å². The van der Waals surface area contributed by atoms with Gasteiger partial charge in [-0.15, -0.1) is 11.3 Å². The maximum Gasteiger partial charge on any atom is 0.420 e. The Labute approximate surface area is 280 Å². The summed E-state index contributed by atoms with van der Waals surface area (Å²) in [6.07, 6.45) is -1.89. The lowest BCUT2D eigenvalue weighted by molar-refractivity contribution is -0.143. The molecule has 6 rings (SSSR count). The third-order valence-electron chi connectivity index (χ3n) is 9.96. The molecule has 1 atom stereocenters. The van der Waals surface area contributed by atoms with Crippen LogP contribution in [0.3, 0.4) is 0 Å². The number of nitrogens with one attached hydrogen (secondary N) is 2. The molecule has 0 radical (unpaired) electrons. The molecule has 0 unspecified atom stereocenters. The molecule has 15 heteroatoms. The van der Waals surface area contributed by atoms with Crippen LogP contribution in [0.15, 0.2) is 23.6 Å². The van der Waals surface area contributed by atoms with Crippen LogP contribution in [0.2, 0.25) is 5.02 Å². The highest BCUT2D eigenvalue weighted by Gasteiger charge is 2.38. The summed E-state index contributed by atoms with van der Waals surface area (Å²) in [5, 5.41) is 18.6. The number of carbonyl (C=O) groups is 3. The highest BCUT2D eigenvalue weighted by atomic mass is 35.5. The first-order valence-corrected chi connectivity index (χ1v) is 17.5. The van der Waals surface area contributed by atoms with Crippen LogP contribution in [0.5, 0.6) is 5.75 Å². The Morgan fingerprint density at radius 1 is 1.00 bits per heavy atom. The lowest BCUT2D eigenvalue weighted by Crippen LogP contribution is -2.55. The van der Waals surface area contributed by atoms with Gasteiger partial charge in [0.25, 0.3) is 0 Å². The van der Waals surface area contributed by atoms with Crippen molar-refractivity contribution in [1.82, 2.24) is 24.9 Å².